The predicted molar refractivity (Wildman–Crippen MR) is 207 cm³/mol. The summed E-state index contributed by atoms with van der Waals surface area (Å²) in [5.74, 6) is -1.33. The second-order valence-electron chi connectivity index (χ2n) is 14.8. The molecule has 56 heavy (non-hydrogen) atoms. The summed E-state index contributed by atoms with van der Waals surface area (Å²) >= 11 is 0. The molecule has 4 aromatic carbocycles. The molecule has 4 heterocycles. The molecule has 2 aliphatic heterocycles. The first-order valence-corrected chi connectivity index (χ1v) is 18.4. The second-order valence-corrected chi connectivity index (χ2v) is 14.8. The minimum Gasteiger partial charge on any atom is -0.507 e. The van der Waals surface area contributed by atoms with Gasteiger partial charge in [0.05, 0.1) is 54.9 Å². The number of imide groups is 1. The van der Waals surface area contributed by atoms with Crippen molar-refractivity contribution in [1.29, 1.82) is 0 Å². The molecule has 4 atom stereocenters. The molecular formula is C42H38N6O8. The molecule has 2 fully saturated rings. The van der Waals surface area contributed by atoms with E-state index in [1.54, 1.807) is 61.6 Å². The van der Waals surface area contributed by atoms with Crippen molar-refractivity contribution >= 4 is 39.3 Å². The molecule has 2 aromatic heterocycles. The van der Waals surface area contributed by atoms with Crippen LogP contribution in [0.4, 0.5) is 5.69 Å². The number of carbonyl (C=O) groups excluding carboxylic acids is 2. The molecule has 1 saturated carbocycles. The molecule has 0 unspecified atom stereocenters. The lowest BCUT2D eigenvalue weighted by Gasteiger charge is -2.47. The fourth-order valence-electron chi connectivity index (χ4n) is 9.33. The van der Waals surface area contributed by atoms with E-state index >= 15 is 0 Å². The number of nitrogens with zero attached hydrogens (tertiary/aromatic N) is 6. The number of hydrogen-bond donors (Lipinski definition) is 1. The maximum absolute atomic E-state index is 14.8. The summed E-state index contributed by atoms with van der Waals surface area (Å²) in [7, 11) is 4.62. The standard InChI is InChI=1S/C42H38N6O8/c1-42-28(37(50)47(39(42)52)23-10-6-5-7-11-23)20-31-27(36(42)26-14-15-33(49)25-13-9-8-12-24(25)26)16-19-46-40(53)45(41(54)48(31)46)18-17-29-38(51)44(2)32-22-35(56-4)34(55-3)21-30(32)43-29/h5-16,21-22,28,31,36,49H,17-20H2,1-4H3/t28-,31+,36-,42+/m0/s1. The van der Waals surface area contributed by atoms with Crippen LogP contribution in [0.25, 0.3) is 21.8 Å². The van der Waals surface area contributed by atoms with Gasteiger partial charge in [0.25, 0.3) is 5.56 Å². The zero-order chi connectivity index (χ0) is 39.2. The molecule has 1 aliphatic carbocycles. The van der Waals surface area contributed by atoms with Crippen molar-refractivity contribution in [3.63, 3.8) is 0 Å². The van der Waals surface area contributed by atoms with Gasteiger partial charge >= 0.3 is 11.4 Å². The number of fused-ring (bicyclic) bond motifs is 6. The monoisotopic (exact) mass is 754 g/mol. The van der Waals surface area contributed by atoms with E-state index in [9.17, 15) is 29.1 Å². The number of ether oxygens (including phenoxy) is 2. The third-order valence-corrected chi connectivity index (χ3v) is 12.1. The summed E-state index contributed by atoms with van der Waals surface area (Å²) in [5.41, 5.74) is 0.290. The third kappa shape index (κ3) is 4.80. The molecule has 284 valence electrons. The molecular weight excluding hydrogens is 716 g/mol. The molecule has 1 N–H and O–H groups in total. The van der Waals surface area contributed by atoms with Crippen molar-refractivity contribution in [3.8, 4) is 17.2 Å². The van der Waals surface area contributed by atoms with E-state index in [4.69, 9.17) is 9.47 Å². The van der Waals surface area contributed by atoms with Gasteiger partial charge in [0.15, 0.2) is 11.5 Å². The van der Waals surface area contributed by atoms with E-state index in [1.807, 2.05) is 37.3 Å². The Balaban J connectivity index is 1.15. The number of aromatic nitrogens is 5. The average molecular weight is 755 g/mol. The number of anilines is 1. The van der Waals surface area contributed by atoms with Crippen molar-refractivity contribution in [2.75, 3.05) is 19.1 Å². The smallest absolute Gasteiger partial charge is 0.347 e. The van der Waals surface area contributed by atoms with Crippen LogP contribution in [-0.2, 0) is 36.1 Å². The second kappa shape index (κ2) is 12.7. The Hall–Kier alpha value is -6.70. The number of para-hydroxylation sites is 1. The van der Waals surface area contributed by atoms with E-state index < -0.39 is 34.7 Å². The van der Waals surface area contributed by atoms with Gasteiger partial charge in [0.2, 0.25) is 11.8 Å². The molecule has 0 bridgehead atoms. The van der Waals surface area contributed by atoms with Gasteiger partial charge < -0.3 is 19.1 Å². The van der Waals surface area contributed by atoms with Crippen LogP contribution in [0.15, 0.2) is 105 Å². The zero-order valence-electron chi connectivity index (χ0n) is 31.1. The number of hydrogen-bond acceptors (Lipinski definition) is 9. The third-order valence-electron chi connectivity index (χ3n) is 12.1. The highest BCUT2D eigenvalue weighted by Crippen LogP contribution is 2.62. The number of amides is 2. The van der Waals surface area contributed by atoms with Crippen LogP contribution >= 0.6 is 0 Å². The summed E-state index contributed by atoms with van der Waals surface area (Å²) in [6.45, 7) is 1.74. The zero-order valence-corrected chi connectivity index (χ0v) is 31.1. The number of carbonyl (C=O) groups is 2. The van der Waals surface area contributed by atoms with Gasteiger partial charge in [0, 0.05) is 43.5 Å². The van der Waals surface area contributed by atoms with Gasteiger partial charge in [-0.05, 0) is 48.1 Å². The molecule has 14 nitrogen and oxygen atoms in total. The Bertz CT molecular complexity index is 2870. The van der Waals surface area contributed by atoms with Crippen LogP contribution in [0.2, 0.25) is 0 Å². The van der Waals surface area contributed by atoms with Gasteiger partial charge in [-0.25, -0.2) is 33.4 Å². The van der Waals surface area contributed by atoms with E-state index in [2.05, 4.69) is 4.98 Å². The van der Waals surface area contributed by atoms with E-state index in [-0.39, 0.29) is 54.7 Å². The lowest BCUT2D eigenvalue weighted by molar-refractivity contribution is -0.129. The van der Waals surface area contributed by atoms with Crippen LogP contribution in [0.3, 0.4) is 0 Å². The lowest BCUT2D eigenvalue weighted by atomic mass is 9.56. The Morgan fingerprint density at radius 3 is 2.30 bits per heavy atom. The number of phenolic OH excluding ortho intramolecular Hbond substituents is 1. The first kappa shape index (κ1) is 35.0. The molecule has 0 spiro atoms. The number of aryl methyl sites for hydroxylation is 2. The first-order chi connectivity index (χ1) is 27.0. The van der Waals surface area contributed by atoms with Gasteiger partial charge in [0.1, 0.15) is 11.4 Å². The van der Waals surface area contributed by atoms with Gasteiger partial charge in [-0.2, -0.15) is 0 Å². The van der Waals surface area contributed by atoms with Crippen molar-refractivity contribution in [2.24, 2.45) is 18.4 Å². The fourth-order valence-corrected chi connectivity index (χ4v) is 9.33. The lowest BCUT2D eigenvalue weighted by Crippen LogP contribution is -2.49. The summed E-state index contributed by atoms with van der Waals surface area (Å²) in [6.07, 6.45) is 1.99. The minimum atomic E-state index is -1.27. The SMILES string of the molecule is COc1cc2nc(CCn3c(=O)n4n(c3=O)[C@@H]3C[C@H]5C(=O)N(c6ccccc6)C(=O)[C@@]5(C)[C@@H](c5ccc(O)c6ccccc56)C3=CC4)c(=O)n(C)c2cc1OC. The Morgan fingerprint density at radius 2 is 1.57 bits per heavy atom. The van der Waals surface area contributed by atoms with E-state index in [0.29, 0.717) is 39.0 Å². The van der Waals surface area contributed by atoms with Crippen molar-refractivity contribution in [1.82, 2.24) is 23.5 Å². The van der Waals surface area contributed by atoms with Crippen LogP contribution in [0, 0.1) is 11.3 Å². The predicted octanol–water partition coefficient (Wildman–Crippen LogP) is 4.04. The maximum Gasteiger partial charge on any atom is 0.347 e. The molecule has 6 aromatic rings. The molecule has 9 rings (SSSR count). The van der Waals surface area contributed by atoms with Crippen molar-refractivity contribution in [3.05, 3.63) is 133 Å². The van der Waals surface area contributed by atoms with Crippen molar-refractivity contribution < 1.29 is 24.2 Å². The van der Waals surface area contributed by atoms with Crippen LogP contribution in [0.5, 0.6) is 17.2 Å². The number of methoxy groups -OCH3 is 2. The summed E-state index contributed by atoms with van der Waals surface area (Å²) in [5, 5.41) is 12.2. The van der Waals surface area contributed by atoms with Crippen molar-refractivity contribution in [2.45, 2.75) is 44.8 Å². The van der Waals surface area contributed by atoms with Crippen LogP contribution in [-0.4, -0.2) is 54.6 Å². The topological polar surface area (TPSA) is 160 Å². The molecule has 1 saturated heterocycles. The number of rotatable bonds is 7. The number of phenols is 1. The Labute approximate surface area is 319 Å². The Kier molecular flexibility index (Phi) is 7.93. The Morgan fingerprint density at radius 1 is 0.875 bits per heavy atom. The molecule has 3 aliphatic rings. The van der Waals surface area contributed by atoms with Crippen LogP contribution < -0.4 is 31.3 Å². The first-order valence-electron chi connectivity index (χ1n) is 18.4. The van der Waals surface area contributed by atoms with Gasteiger partial charge in [-0.15, -0.1) is 0 Å². The van der Waals surface area contributed by atoms with E-state index in [0.717, 1.165) is 15.7 Å². The highest BCUT2D eigenvalue weighted by atomic mass is 16.5. The number of aromatic hydroxyl groups is 1. The van der Waals surface area contributed by atoms with Gasteiger partial charge in [-0.1, -0.05) is 54.6 Å². The summed E-state index contributed by atoms with van der Waals surface area (Å²) in [4.78, 5) is 77.2. The minimum absolute atomic E-state index is 0.0110. The normalized spacial score (nSPS) is 21.5. The average Bonchev–Trinajstić information content (AvgIpc) is 3.57. The molecule has 2 amide bonds. The largest absolute Gasteiger partial charge is 0.507 e. The maximum atomic E-state index is 14.8. The van der Waals surface area contributed by atoms with E-state index in [1.165, 1.54) is 33.1 Å². The molecule has 0 radical (unpaired) electrons. The highest BCUT2D eigenvalue weighted by Gasteiger charge is 2.65. The number of benzene rings is 4. The fraction of sp³-hybridized carbons (Fsp3) is 0.286. The number of allylic oxidation sites excluding steroid dienone is 2. The van der Waals surface area contributed by atoms with Crippen LogP contribution in [0.1, 0.15) is 36.6 Å². The highest BCUT2D eigenvalue weighted by molar-refractivity contribution is 6.24. The van der Waals surface area contributed by atoms with Gasteiger partial charge in [-0.3, -0.25) is 14.4 Å². The quantitative estimate of drug-likeness (QED) is 0.188. The summed E-state index contributed by atoms with van der Waals surface area (Å²) < 4.78 is 16.2. The summed E-state index contributed by atoms with van der Waals surface area (Å²) in [6, 6.07) is 22.1. The molecule has 14 heteroatoms.